The third-order valence-corrected chi connectivity index (χ3v) is 5.29. The van der Waals surface area contributed by atoms with E-state index < -0.39 is 18.2 Å². The number of hydrogen-bond donors (Lipinski definition) is 0. The fourth-order valence-electron chi connectivity index (χ4n) is 3.71. The molecule has 1 aliphatic heterocycles. The van der Waals surface area contributed by atoms with Crippen molar-refractivity contribution in [1.82, 2.24) is 0 Å². The number of ether oxygens (including phenoxy) is 5. The molecule has 2 atom stereocenters. The number of fused-ring (bicyclic) bond motifs is 1. The zero-order chi connectivity index (χ0) is 21.8. The molecule has 6 nitrogen and oxygen atoms in total. The number of esters is 1. The smallest absolute Gasteiger partial charge is 0.338 e. The van der Waals surface area contributed by atoms with Gasteiger partial charge in [0.1, 0.15) is 29.1 Å². The predicted molar refractivity (Wildman–Crippen MR) is 115 cm³/mol. The lowest BCUT2D eigenvalue weighted by Crippen LogP contribution is -2.35. The molecule has 1 heterocycles. The van der Waals surface area contributed by atoms with Gasteiger partial charge in [0.15, 0.2) is 6.10 Å². The second kappa shape index (κ2) is 9.00. The van der Waals surface area contributed by atoms with Gasteiger partial charge in [-0.05, 0) is 23.8 Å². The number of carbonyl (C=O) groups excluding carboxylic acids is 1. The molecule has 0 aromatic heterocycles. The maximum absolute atomic E-state index is 12.9. The van der Waals surface area contributed by atoms with Gasteiger partial charge >= 0.3 is 5.97 Å². The molecule has 0 spiro atoms. The summed E-state index contributed by atoms with van der Waals surface area (Å²) in [7, 11) is 4.75. The van der Waals surface area contributed by atoms with E-state index in [1.54, 1.807) is 51.7 Å². The summed E-state index contributed by atoms with van der Waals surface area (Å²) in [6, 6.07) is 20.2. The van der Waals surface area contributed by atoms with Crippen LogP contribution in [0, 0.1) is 0 Å². The van der Waals surface area contributed by atoms with Crippen molar-refractivity contribution in [3.8, 4) is 23.0 Å². The molecule has 0 saturated heterocycles. The van der Waals surface area contributed by atoms with E-state index in [0.717, 1.165) is 11.1 Å². The first-order chi connectivity index (χ1) is 15.1. The topological polar surface area (TPSA) is 63.2 Å². The van der Waals surface area contributed by atoms with Crippen LogP contribution in [0.2, 0.25) is 0 Å². The maximum Gasteiger partial charge on any atom is 0.338 e. The van der Waals surface area contributed by atoms with Crippen molar-refractivity contribution < 1.29 is 28.5 Å². The highest BCUT2D eigenvalue weighted by atomic mass is 16.6. The van der Waals surface area contributed by atoms with E-state index in [-0.39, 0.29) is 0 Å². The van der Waals surface area contributed by atoms with Gasteiger partial charge in [-0.1, -0.05) is 36.4 Å². The van der Waals surface area contributed by atoms with Crippen molar-refractivity contribution in [2.45, 2.75) is 18.6 Å². The Morgan fingerprint density at radius 1 is 0.871 bits per heavy atom. The Balaban J connectivity index is 1.69. The average molecular weight is 420 g/mol. The highest BCUT2D eigenvalue weighted by Crippen LogP contribution is 2.43. The standard InChI is InChI=1S/C25H24O6/c1-27-18-11-7-10-17(12-18)25(26)31-23-15-20-21(29-3)13-19(28-2)14-22(20)30-24(23)16-8-5-4-6-9-16/h4-14,23-24H,15H2,1-3H3/t23-,24-/m1/s1. The van der Waals surface area contributed by atoms with E-state index in [9.17, 15) is 4.79 Å². The predicted octanol–water partition coefficient (Wildman–Crippen LogP) is 4.61. The Morgan fingerprint density at radius 3 is 2.35 bits per heavy atom. The molecule has 1 aliphatic rings. The Bertz CT molecular complexity index is 1060. The van der Waals surface area contributed by atoms with E-state index in [0.29, 0.717) is 35.0 Å². The van der Waals surface area contributed by atoms with Crippen molar-refractivity contribution in [3.05, 3.63) is 83.4 Å². The zero-order valence-corrected chi connectivity index (χ0v) is 17.7. The normalized spacial score (nSPS) is 17.1. The van der Waals surface area contributed by atoms with Gasteiger partial charge in [-0.2, -0.15) is 0 Å². The lowest BCUT2D eigenvalue weighted by atomic mass is 9.93. The molecule has 0 N–H and O–H groups in total. The molecular weight excluding hydrogens is 396 g/mol. The number of hydrogen-bond acceptors (Lipinski definition) is 6. The van der Waals surface area contributed by atoms with Gasteiger partial charge in [0.25, 0.3) is 0 Å². The Kier molecular flexibility index (Phi) is 5.98. The van der Waals surface area contributed by atoms with Gasteiger partial charge in [0.05, 0.1) is 26.9 Å². The summed E-state index contributed by atoms with van der Waals surface area (Å²) in [6.45, 7) is 0. The quantitative estimate of drug-likeness (QED) is 0.543. The van der Waals surface area contributed by atoms with Gasteiger partial charge < -0.3 is 23.7 Å². The summed E-state index contributed by atoms with van der Waals surface area (Å²) < 4.78 is 28.4. The minimum absolute atomic E-state index is 0.415. The first-order valence-corrected chi connectivity index (χ1v) is 9.94. The summed E-state index contributed by atoms with van der Waals surface area (Å²) in [5, 5.41) is 0. The van der Waals surface area contributed by atoms with E-state index >= 15 is 0 Å². The second-order valence-electron chi connectivity index (χ2n) is 7.14. The summed E-state index contributed by atoms with van der Waals surface area (Å²) >= 11 is 0. The van der Waals surface area contributed by atoms with Crippen LogP contribution in [-0.4, -0.2) is 33.4 Å². The maximum atomic E-state index is 12.9. The van der Waals surface area contributed by atoms with Crippen LogP contribution in [0.1, 0.15) is 27.6 Å². The fraction of sp³-hybridized carbons (Fsp3) is 0.240. The largest absolute Gasteiger partial charge is 0.497 e. The van der Waals surface area contributed by atoms with Crippen molar-refractivity contribution in [1.29, 1.82) is 0 Å². The summed E-state index contributed by atoms with van der Waals surface area (Å²) in [6.07, 6.45) is -0.575. The molecule has 160 valence electrons. The number of carbonyl (C=O) groups is 1. The molecule has 0 bridgehead atoms. The Labute approximate surface area is 181 Å². The third kappa shape index (κ3) is 4.28. The van der Waals surface area contributed by atoms with Crippen molar-refractivity contribution in [2.24, 2.45) is 0 Å². The lowest BCUT2D eigenvalue weighted by Gasteiger charge is -2.34. The van der Waals surface area contributed by atoms with Crippen LogP contribution >= 0.6 is 0 Å². The van der Waals surface area contributed by atoms with Crippen LogP contribution in [0.25, 0.3) is 0 Å². The second-order valence-corrected chi connectivity index (χ2v) is 7.14. The first kappa shape index (κ1) is 20.6. The number of rotatable bonds is 6. The van der Waals surface area contributed by atoms with Crippen LogP contribution in [0.3, 0.4) is 0 Å². The molecule has 0 unspecified atom stereocenters. The van der Waals surface area contributed by atoms with Crippen molar-refractivity contribution >= 4 is 5.97 Å². The van der Waals surface area contributed by atoms with Crippen LogP contribution in [0.4, 0.5) is 0 Å². The van der Waals surface area contributed by atoms with Gasteiger partial charge in [-0.15, -0.1) is 0 Å². The van der Waals surface area contributed by atoms with Crippen LogP contribution < -0.4 is 18.9 Å². The third-order valence-electron chi connectivity index (χ3n) is 5.29. The monoisotopic (exact) mass is 420 g/mol. The first-order valence-electron chi connectivity index (χ1n) is 9.94. The Hall–Kier alpha value is -3.67. The van der Waals surface area contributed by atoms with Crippen LogP contribution in [0.15, 0.2) is 66.7 Å². The van der Waals surface area contributed by atoms with Gasteiger partial charge in [-0.25, -0.2) is 4.79 Å². The van der Waals surface area contributed by atoms with E-state index in [1.165, 1.54) is 0 Å². The summed E-state index contributed by atoms with van der Waals surface area (Å²) in [5.41, 5.74) is 2.16. The van der Waals surface area contributed by atoms with Gasteiger partial charge in [0.2, 0.25) is 0 Å². The number of methoxy groups -OCH3 is 3. The van der Waals surface area contributed by atoms with E-state index in [1.807, 2.05) is 36.4 Å². The van der Waals surface area contributed by atoms with Crippen LogP contribution in [0.5, 0.6) is 23.0 Å². The van der Waals surface area contributed by atoms with E-state index in [4.69, 9.17) is 23.7 Å². The molecule has 4 rings (SSSR count). The molecule has 0 saturated carbocycles. The highest BCUT2D eigenvalue weighted by molar-refractivity contribution is 5.90. The van der Waals surface area contributed by atoms with Crippen molar-refractivity contribution in [3.63, 3.8) is 0 Å². The minimum atomic E-state index is -0.545. The minimum Gasteiger partial charge on any atom is -0.497 e. The fourth-order valence-corrected chi connectivity index (χ4v) is 3.71. The zero-order valence-electron chi connectivity index (χ0n) is 17.7. The summed E-state index contributed by atoms with van der Waals surface area (Å²) in [4.78, 5) is 12.9. The average Bonchev–Trinajstić information content (AvgIpc) is 2.83. The molecule has 3 aromatic rings. The molecule has 0 fully saturated rings. The molecule has 3 aromatic carbocycles. The molecule has 0 amide bonds. The Morgan fingerprint density at radius 2 is 1.65 bits per heavy atom. The summed E-state index contributed by atoms with van der Waals surface area (Å²) in [5.74, 6) is 2.06. The SMILES string of the molecule is COc1cccc(C(=O)O[C@@H]2Cc3c(OC)cc(OC)cc3O[C@@H]2c2ccccc2)c1. The molecular formula is C25H24O6. The van der Waals surface area contributed by atoms with E-state index in [2.05, 4.69) is 0 Å². The number of benzene rings is 3. The van der Waals surface area contributed by atoms with Crippen LogP contribution in [-0.2, 0) is 11.2 Å². The molecule has 6 heteroatoms. The molecule has 31 heavy (non-hydrogen) atoms. The molecule has 0 aliphatic carbocycles. The highest BCUT2D eigenvalue weighted by Gasteiger charge is 2.36. The lowest BCUT2D eigenvalue weighted by molar-refractivity contribution is -0.0188. The van der Waals surface area contributed by atoms with Gasteiger partial charge in [0, 0.05) is 24.1 Å². The van der Waals surface area contributed by atoms with Crippen molar-refractivity contribution in [2.75, 3.05) is 21.3 Å². The molecule has 0 radical (unpaired) electrons. The van der Waals surface area contributed by atoms with Gasteiger partial charge in [-0.3, -0.25) is 0 Å².